The lowest BCUT2D eigenvalue weighted by molar-refractivity contribution is 0.669. The summed E-state index contributed by atoms with van der Waals surface area (Å²) in [7, 11) is 0. The molecular weight excluding hydrogens is 647 g/mol. The summed E-state index contributed by atoms with van der Waals surface area (Å²) in [5.74, 6) is 1.86. The van der Waals surface area contributed by atoms with Crippen molar-refractivity contribution in [3.05, 3.63) is 176 Å². The average molecular weight is 676 g/mol. The van der Waals surface area contributed by atoms with Crippen LogP contribution in [0.3, 0.4) is 0 Å². The summed E-state index contributed by atoms with van der Waals surface area (Å²) in [6.45, 7) is 0. The fraction of sp³-hybridized carbons (Fsp3) is 0. The monoisotopic (exact) mass is 675 g/mol. The standard InChI is InChI=1S/C49H29N3O/c1-3-11-32(12-4-1)47-50-48(33-13-5-2-6-14-33)52-49(51-47)41-19-10-20-44-46(41)42-29-34(25-28-43(42)53-44)30-21-23-31(24-22-30)35-26-27-40-37-16-8-7-15-36(37)39-18-9-17-38(35)45(39)40/h1-29H. The highest BCUT2D eigenvalue weighted by Crippen LogP contribution is 2.49. The van der Waals surface area contributed by atoms with Gasteiger partial charge in [-0.3, -0.25) is 0 Å². The van der Waals surface area contributed by atoms with E-state index in [-0.39, 0.29) is 0 Å². The van der Waals surface area contributed by atoms with Crippen molar-refractivity contribution in [3.63, 3.8) is 0 Å². The third-order valence-electron chi connectivity index (χ3n) is 10.5. The van der Waals surface area contributed by atoms with Gasteiger partial charge in [-0.15, -0.1) is 0 Å². The number of nitrogens with zero attached hydrogens (tertiary/aromatic N) is 3. The van der Waals surface area contributed by atoms with Crippen LogP contribution in [0.15, 0.2) is 180 Å². The van der Waals surface area contributed by atoms with Crippen LogP contribution in [0.4, 0.5) is 0 Å². The third kappa shape index (κ3) is 4.73. The first kappa shape index (κ1) is 29.5. The van der Waals surface area contributed by atoms with Crippen LogP contribution in [0.25, 0.3) is 111 Å². The predicted octanol–water partition coefficient (Wildman–Crippen LogP) is 12.9. The fourth-order valence-corrected chi connectivity index (χ4v) is 8.02. The molecule has 246 valence electrons. The van der Waals surface area contributed by atoms with Gasteiger partial charge in [-0.25, -0.2) is 15.0 Å². The Morgan fingerprint density at radius 2 is 0.830 bits per heavy atom. The van der Waals surface area contributed by atoms with E-state index in [2.05, 4.69) is 103 Å². The van der Waals surface area contributed by atoms with Gasteiger partial charge in [0, 0.05) is 27.5 Å². The lowest BCUT2D eigenvalue weighted by Gasteiger charge is -2.11. The molecule has 2 aromatic heterocycles. The molecule has 4 heteroatoms. The zero-order valence-corrected chi connectivity index (χ0v) is 28.5. The van der Waals surface area contributed by atoms with Gasteiger partial charge < -0.3 is 4.42 Å². The Labute approximate surface area is 305 Å². The van der Waals surface area contributed by atoms with Crippen molar-refractivity contribution in [1.29, 1.82) is 0 Å². The molecule has 0 amide bonds. The summed E-state index contributed by atoms with van der Waals surface area (Å²) in [6.07, 6.45) is 0. The van der Waals surface area contributed by atoms with Gasteiger partial charge in [0.05, 0.1) is 0 Å². The van der Waals surface area contributed by atoms with Crippen LogP contribution < -0.4 is 0 Å². The number of rotatable bonds is 5. The zero-order valence-electron chi connectivity index (χ0n) is 28.5. The Kier molecular flexibility index (Phi) is 6.52. The summed E-state index contributed by atoms with van der Waals surface area (Å²) < 4.78 is 6.43. The zero-order chi connectivity index (χ0) is 34.9. The molecule has 0 unspecified atom stereocenters. The van der Waals surface area contributed by atoms with Gasteiger partial charge in [-0.1, -0.05) is 158 Å². The second kappa shape index (κ2) is 11.7. The molecule has 1 aliphatic rings. The SMILES string of the molecule is c1ccc(-c2nc(-c3ccccc3)nc(-c3cccc4oc5ccc(-c6ccc(-c7ccc8c9c(cccc79)-c7ccccc7-8)cc6)cc5c34)n2)cc1. The molecule has 0 spiro atoms. The number of furan rings is 1. The second-order valence-electron chi connectivity index (χ2n) is 13.5. The Morgan fingerprint density at radius 3 is 1.55 bits per heavy atom. The quantitative estimate of drug-likeness (QED) is 0.182. The molecule has 10 aromatic rings. The first-order valence-electron chi connectivity index (χ1n) is 17.9. The van der Waals surface area contributed by atoms with Gasteiger partial charge >= 0.3 is 0 Å². The second-order valence-corrected chi connectivity index (χ2v) is 13.5. The van der Waals surface area contributed by atoms with Crippen LogP contribution in [0.1, 0.15) is 0 Å². The molecule has 2 heterocycles. The van der Waals surface area contributed by atoms with E-state index in [1.54, 1.807) is 0 Å². The molecule has 0 saturated heterocycles. The van der Waals surface area contributed by atoms with Crippen molar-refractivity contribution in [2.45, 2.75) is 0 Å². The maximum atomic E-state index is 6.43. The van der Waals surface area contributed by atoms with E-state index in [9.17, 15) is 0 Å². The highest BCUT2D eigenvalue weighted by Gasteiger charge is 2.22. The minimum Gasteiger partial charge on any atom is -0.456 e. The average Bonchev–Trinajstić information content (AvgIpc) is 3.78. The van der Waals surface area contributed by atoms with Crippen molar-refractivity contribution in [2.24, 2.45) is 0 Å². The Bertz CT molecular complexity index is 2950. The molecule has 4 nitrogen and oxygen atoms in total. The third-order valence-corrected chi connectivity index (χ3v) is 10.5. The van der Waals surface area contributed by atoms with E-state index < -0.39 is 0 Å². The van der Waals surface area contributed by atoms with Gasteiger partial charge in [0.1, 0.15) is 11.2 Å². The highest BCUT2D eigenvalue weighted by molar-refractivity contribution is 6.18. The number of benzene rings is 8. The molecule has 0 atom stereocenters. The number of hydrogen-bond donors (Lipinski definition) is 0. The minimum absolute atomic E-state index is 0.606. The van der Waals surface area contributed by atoms with Gasteiger partial charge in [0.15, 0.2) is 17.5 Å². The Morgan fingerprint density at radius 1 is 0.283 bits per heavy atom. The maximum absolute atomic E-state index is 6.43. The summed E-state index contributed by atoms with van der Waals surface area (Å²) >= 11 is 0. The molecule has 0 saturated carbocycles. The van der Waals surface area contributed by atoms with Crippen LogP contribution in [-0.4, -0.2) is 15.0 Å². The van der Waals surface area contributed by atoms with Crippen molar-refractivity contribution in [1.82, 2.24) is 15.0 Å². The van der Waals surface area contributed by atoms with Crippen LogP contribution in [0.5, 0.6) is 0 Å². The molecule has 1 aliphatic carbocycles. The molecule has 11 rings (SSSR count). The first-order chi connectivity index (χ1) is 26.3. The molecule has 0 N–H and O–H groups in total. The maximum Gasteiger partial charge on any atom is 0.164 e. The lowest BCUT2D eigenvalue weighted by Crippen LogP contribution is -2.00. The van der Waals surface area contributed by atoms with Crippen LogP contribution in [-0.2, 0) is 0 Å². The summed E-state index contributed by atoms with van der Waals surface area (Å²) in [5, 5.41) is 4.63. The van der Waals surface area contributed by atoms with Gasteiger partial charge in [-0.05, 0) is 73.5 Å². The van der Waals surface area contributed by atoms with Crippen molar-refractivity contribution >= 4 is 32.7 Å². The van der Waals surface area contributed by atoms with E-state index >= 15 is 0 Å². The summed E-state index contributed by atoms with van der Waals surface area (Å²) in [4.78, 5) is 15.0. The smallest absolute Gasteiger partial charge is 0.164 e. The van der Waals surface area contributed by atoms with Gasteiger partial charge in [0.25, 0.3) is 0 Å². The molecule has 0 bridgehead atoms. The molecule has 0 radical (unpaired) electrons. The van der Waals surface area contributed by atoms with Crippen LogP contribution in [0, 0.1) is 0 Å². The predicted molar refractivity (Wildman–Crippen MR) is 216 cm³/mol. The molecule has 0 aliphatic heterocycles. The van der Waals surface area contributed by atoms with Crippen LogP contribution in [0.2, 0.25) is 0 Å². The molecule has 8 aromatic carbocycles. The molecule has 0 fully saturated rings. The fourth-order valence-electron chi connectivity index (χ4n) is 8.02. The first-order valence-corrected chi connectivity index (χ1v) is 17.9. The summed E-state index contributed by atoms with van der Waals surface area (Å²) in [6, 6.07) is 61.6. The number of hydrogen-bond acceptors (Lipinski definition) is 4. The van der Waals surface area contributed by atoms with E-state index in [0.29, 0.717) is 17.5 Å². The van der Waals surface area contributed by atoms with E-state index in [4.69, 9.17) is 19.4 Å². The highest BCUT2D eigenvalue weighted by atomic mass is 16.3. The van der Waals surface area contributed by atoms with E-state index in [0.717, 1.165) is 49.8 Å². The van der Waals surface area contributed by atoms with Gasteiger partial charge in [0.2, 0.25) is 0 Å². The minimum atomic E-state index is 0.606. The van der Waals surface area contributed by atoms with Gasteiger partial charge in [-0.2, -0.15) is 0 Å². The van der Waals surface area contributed by atoms with E-state index in [1.807, 2.05) is 72.8 Å². The number of fused-ring (bicyclic) bond motifs is 6. The van der Waals surface area contributed by atoms with Crippen molar-refractivity contribution < 1.29 is 4.42 Å². The normalized spacial score (nSPS) is 11.8. The Hall–Kier alpha value is -7.17. The number of aromatic nitrogens is 3. The topological polar surface area (TPSA) is 51.8 Å². The molecular formula is C49H29N3O. The van der Waals surface area contributed by atoms with E-state index in [1.165, 1.54) is 44.2 Å². The summed E-state index contributed by atoms with van der Waals surface area (Å²) in [5.41, 5.74) is 14.3. The molecule has 53 heavy (non-hydrogen) atoms. The lowest BCUT2D eigenvalue weighted by atomic mass is 9.93. The largest absolute Gasteiger partial charge is 0.456 e. The Balaban J connectivity index is 1.02. The van der Waals surface area contributed by atoms with Crippen molar-refractivity contribution in [2.75, 3.05) is 0 Å². The van der Waals surface area contributed by atoms with Crippen LogP contribution >= 0.6 is 0 Å². The van der Waals surface area contributed by atoms with Crippen molar-refractivity contribution in [3.8, 4) is 78.7 Å².